The fraction of sp³-hybridized carbons (Fsp3) is 0.167. The van der Waals surface area contributed by atoms with Crippen molar-refractivity contribution in [3.8, 4) is 11.3 Å². The molecule has 2 aromatic heterocycles. The van der Waals surface area contributed by atoms with Gasteiger partial charge in [0.05, 0.1) is 5.69 Å². The highest BCUT2D eigenvalue weighted by molar-refractivity contribution is 5.67. The van der Waals surface area contributed by atoms with Gasteiger partial charge in [-0.3, -0.25) is 4.98 Å². The molecule has 0 aliphatic heterocycles. The minimum absolute atomic E-state index is 0.608. The van der Waals surface area contributed by atoms with E-state index in [0.717, 1.165) is 29.3 Å². The summed E-state index contributed by atoms with van der Waals surface area (Å²) in [5.41, 5.74) is 4.09. The second-order valence-corrected chi connectivity index (χ2v) is 5.22. The third-order valence-corrected chi connectivity index (χ3v) is 3.36. The Kier molecular flexibility index (Phi) is 4.47. The molecule has 0 saturated carbocycles. The molecule has 0 bridgehead atoms. The number of nitrogens with zero attached hydrogens (tertiary/aromatic N) is 3. The Morgan fingerprint density at radius 3 is 2.39 bits per heavy atom. The van der Waals surface area contributed by atoms with Gasteiger partial charge in [-0.25, -0.2) is 4.98 Å². The number of hydrogen-bond donors (Lipinski definition) is 2. The van der Waals surface area contributed by atoms with Crippen LogP contribution in [0.25, 0.3) is 11.3 Å². The van der Waals surface area contributed by atoms with E-state index in [-0.39, 0.29) is 0 Å². The number of rotatable bonds is 5. The average molecular weight is 305 g/mol. The van der Waals surface area contributed by atoms with E-state index in [1.54, 1.807) is 12.4 Å². The molecule has 2 N–H and O–H groups in total. The number of aryl methyl sites for hydroxylation is 1. The van der Waals surface area contributed by atoms with E-state index in [4.69, 9.17) is 0 Å². The summed E-state index contributed by atoms with van der Waals surface area (Å²) in [6.45, 7) is 4.86. The maximum atomic E-state index is 4.56. The van der Waals surface area contributed by atoms with Crippen LogP contribution in [0.1, 0.15) is 12.5 Å². The summed E-state index contributed by atoms with van der Waals surface area (Å²) in [5.74, 6) is 1.36. The van der Waals surface area contributed by atoms with Crippen LogP contribution in [0.3, 0.4) is 0 Å². The summed E-state index contributed by atoms with van der Waals surface area (Å²) in [4.78, 5) is 13.1. The van der Waals surface area contributed by atoms with Gasteiger partial charge in [-0.05, 0) is 38.1 Å². The molecular weight excluding hydrogens is 286 g/mol. The van der Waals surface area contributed by atoms with Crippen molar-refractivity contribution in [1.82, 2.24) is 15.0 Å². The lowest BCUT2D eigenvalue weighted by molar-refractivity contribution is 1.09. The zero-order valence-electron chi connectivity index (χ0n) is 13.2. The Balaban J connectivity index is 1.95. The molecule has 0 amide bonds. The number of benzene rings is 1. The molecule has 1 aromatic carbocycles. The molecular formula is C18H19N5. The summed E-state index contributed by atoms with van der Waals surface area (Å²) in [6, 6.07) is 14.0. The van der Waals surface area contributed by atoms with E-state index in [9.17, 15) is 0 Å². The third kappa shape index (κ3) is 3.83. The Morgan fingerprint density at radius 1 is 0.957 bits per heavy atom. The fourth-order valence-corrected chi connectivity index (χ4v) is 2.20. The second kappa shape index (κ2) is 6.87. The molecule has 3 aromatic rings. The van der Waals surface area contributed by atoms with E-state index >= 15 is 0 Å². The number of pyridine rings is 1. The number of nitrogens with one attached hydrogen (secondary N) is 2. The Bertz CT molecular complexity index is 769. The number of anilines is 3. The Morgan fingerprint density at radius 2 is 1.70 bits per heavy atom. The maximum Gasteiger partial charge on any atom is 0.225 e. The summed E-state index contributed by atoms with van der Waals surface area (Å²) in [6.07, 6.45) is 3.52. The van der Waals surface area contributed by atoms with Crippen molar-refractivity contribution in [3.63, 3.8) is 0 Å². The van der Waals surface area contributed by atoms with Crippen LogP contribution in [0.15, 0.2) is 54.9 Å². The molecule has 23 heavy (non-hydrogen) atoms. The van der Waals surface area contributed by atoms with Gasteiger partial charge in [0.2, 0.25) is 5.95 Å². The predicted octanol–water partition coefficient (Wildman–Crippen LogP) is 4.02. The molecule has 5 nitrogen and oxygen atoms in total. The monoisotopic (exact) mass is 305 g/mol. The zero-order chi connectivity index (χ0) is 16.1. The van der Waals surface area contributed by atoms with Gasteiger partial charge in [0.1, 0.15) is 5.82 Å². The van der Waals surface area contributed by atoms with Gasteiger partial charge in [-0.2, -0.15) is 4.98 Å². The summed E-state index contributed by atoms with van der Waals surface area (Å²) in [5, 5.41) is 6.51. The van der Waals surface area contributed by atoms with Crippen LogP contribution in [0.4, 0.5) is 17.5 Å². The first kappa shape index (κ1) is 15.0. The van der Waals surface area contributed by atoms with Gasteiger partial charge in [0.15, 0.2) is 0 Å². The summed E-state index contributed by atoms with van der Waals surface area (Å²) < 4.78 is 0. The molecule has 0 saturated heterocycles. The largest absolute Gasteiger partial charge is 0.354 e. The zero-order valence-corrected chi connectivity index (χ0v) is 13.2. The van der Waals surface area contributed by atoms with Crippen LogP contribution in [-0.4, -0.2) is 21.5 Å². The molecule has 0 radical (unpaired) electrons. The Hall–Kier alpha value is -2.95. The van der Waals surface area contributed by atoms with Crippen molar-refractivity contribution in [2.75, 3.05) is 17.2 Å². The van der Waals surface area contributed by atoms with Crippen LogP contribution in [0.2, 0.25) is 0 Å². The van der Waals surface area contributed by atoms with Crippen molar-refractivity contribution < 1.29 is 0 Å². The van der Waals surface area contributed by atoms with E-state index in [0.29, 0.717) is 5.95 Å². The molecule has 116 valence electrons. The van der Waals surface area contributed by atoms with E-state index in [1.807, 2.05) is 37.3 Å². The fourth-order valence-electron chi connectivity index (χ4n) is 2.20. The predicted molar refractivity (Wildman–Crippen MR) is 93.9 cm³/mol. The lowest BCUT2D eigenvalue weighted by atomic mass is 10.2. The smallest absolute Gasteiger partial charge is 0.225 e. The summed E-state index contributed by atoms with van der Waals surface area (Å²) in [7, 11) is 0. The molecule has 2 heterocycles. The Labute approximate surface area is 135 Å². The summed E-state index contributed by atoms with van der Waals surface area (Å²) >= 11 is 0. The SMILES string of the molecule is CCNc1nc(Nc2ccc(C)cc2)cc(-c2ccncc2)n1. The molecule has 0 fully saturated rings. The highest BCUT2D eigenvalue weighted by Crippen LogP contribution is 2.23. The quantitative estimate of drug-likeness (QED) is 0.745. The van der Waals surface area contributed by atoms with Crippen LogP contribution in [0, 0.1) is 6.92 Å². The standard InChI is InChI=1S/C18H19N5/c1-3-20-18-22-16(14-8-10-19-11-9-14)12-17(23-18)21-15-6-4-13(2)5-7-15/h4-12H,3H2,1-2H3,(H2,20,21,22,23). The lowest BCUT2D eigenvalue weighted by Gasteiger charge is -2.11. The highest BCUT2D eigenvalue weighted by atomic mass is 15.1. The molecule has 0 unspecified atom stereocenters. The third-order valence-electron chi connectivity index (χ3n) is 3.36. The van der Waals surface area contributed by atoms with Crippen LogP contribution in [-0.2, 0) is 0 Å². The first-order valence-corrected chi connectivity index (χ1v) is 7.61. The van der Waals surface area contributed by atoms with Crippen LogP contribution in [0.5, 0.6) is 0 Å². The van der Waals surface area contributed by atoms with Gasteiger partial charge in [0, 0.05) is 36.3 Å². The van der Waals surface area contributed by atoms with Gasteiger partial charge < -0.3 is 10.6 Å². The second-order valence-electron chi connectivity index (χ2n) is 5.22. The van der Waals surface area contributed by atoms with Crippen molar-refractivity contribution >= 4 is 17.5 Å². The van der Waals surface area contributed by atoms with Gasteiger partial charge in [-0.15, -0.1) is 0 Å². The molecule has 0 atom stereocenters. The number of aromatic nitrogens is 3. The average Bonchev–Trinajstić information content (AvgIpc) is 2.58. The lowest BCUT2D eigenvalue weighted by Crippen LogP contribution is -2.05. The highest BCUT2D eigenvalue weighted by Gasteiger charge is 2.07. The molecule has 0 aliphatic carbocycles. The van der Waals surface area contributed by atoms with E-state index in [1.165, 1.54) is 5.56 Å². The van der Waals surface area contributed by atoms with Crippen molar-refractivity contribution in [2.45, 2.75) is 13.8 Å². The first-order valence-electron chi connectivity index (χ1n) is 7.61. The number of hydrogen-bond acceptors (Lipinski definition) is 5. The molecule has 0 spiro atoms. The van der Waals surface area contributed by atoms with Crippen molar-refractivity contribution in [3.05, 3.63) is 60.4 Å². The molecule has 5 heteroatoms. The minimum atomic E-state index is 0.608. The van der Waals surface area contributed by atoms with Gasteiger partial charge >= 0.3 is 0 Å². The minimum Gasteiger partial charge on any atom is -0.354 e. The molecule has 3 rings (SSSR count). The van der Waals surface area contributed by atoms with E-state index < -0.39 is 0 Å². The normalized spacial score (nSPS) is 10.3. The van der Waals surface area contributed by atoms with Gasteiger partial charge in [-0.1, -0.05) is 17.7 Å². The molecule has 0 aliphatic rings. The first-order chi connectivity index (χ1) is 11.2. The topological polar surface area (TPSA) is 62.7 Å². The van der Waals surface area contributed by atoms with E-state index in [2.05, 4.69) is 44.6 Å². The van der Waals surface area contributed by atoms with Crippen molar-refractivity contribution in [1.29, 1.82) is 0 Å². The van der Waals surface area contributed by atoms with Gasteiger partial charge in [0.25, 0.3) is 0 Å². The van der Waals surface area contributed by atoms with Crippen LogP contribution < -0.4 is 10.6 Å². The van der Waals surface area contributed by atoms with Crippen LogP contribution >= 0.6 is 0 Å². The van der Waals surface area contributed by atoms with Crippen molar-refractivity contribution in [2.24, 2.45) is 0 Å². The maximum absolute atomic E-state index is 4.56.